The smallest absolute Gasteiger partial charge is 0.311 e. The van der Waals surface area contributed by atoms with Crippen LogP contribution in [-0.2, 0) is 47.4 Å². The number of aliphatic hydroxyl groups is 4. The molecule has 0 unspecified atom stereocenters. The van der Waals surface area contributed by atoms with Crippen molar-refractivity contribution in [1.82, 2.24) is 10.2 Å². The fraction of sp³-hybridized carbons (Fsp3) is 0.976. The second-order valence-electron chi connectivity index (χ2n) is 18.6. The minimum absolute atomic E-state index is 0.137. The van der Waals surface area contributed by atoms with Crippen molar-refractivity contribution in [2.75, 3.05) is 48.1 Å². The van der Waals surface area contributed by atoms with Crippen LogP contribution >= 0.6 is 0 Å². The molecule has 2 bridgehead atoms. The molecular formula is C42H78N2O14. The highest BCUT2D eigenvalue weighted by Gasteiger charge is 2.55. The first kappa shape index (κ1) is 49.6. The molecule has 0 aromatic carbocycles. The van der Waals surface area contributed by atoms with Crippen molar-refractivity contribution in [2.45, 2.75) is 191 Å². The maximum absolute atomic E-state index is 14.5. The minimum atomic E-state index is -1.64. The van der Waals surface area contributed by atoms with Gasteiger partial charge in [0.05, 0.1) is 67.5 Å². The summed E-state index contributed by atoms with van der Waals surface area (Å²) in [7, 11) is 6.90. The van der Waals surface area contributed by atoms with Crippen molar-refractivity contribution < 1.29 is 67.9 Å². The molecule has 4 aliphatic rings. The molecule has 0 saturated carbocycles. The van der Waals surface area contributed by atoms with Crippen molar-refractivity contribution in [1.29, 1.82) is 0 Å². The van der Waals surface area contributed by atoms with Gasteiger partial charge in [-0.05, 0) is 80.8 Å². The van der Waals surface area contributed by atoms with E-state index in [-0.39, 0.29) is 55.9 Å². The summed E-state index contributed by atoms with van der Waals surface area (Å²) < 4.78 is 55.7. The average molecular weight is 835 g/mol. The van der Waals surface area contributed by atoms with E-state index in [4.69, 9.17) is 42.6 Å². The first-order chi connectivity index (χ1) is 27.0. The zero-order valence-electron chi connectivity index (χ0n) is 37.6. The second-order valence-corrected chi connectivity index (χ2v) is 18.6. The number of hydrogen-bond acceptors (Lipinski definition) is 16. The van der Waals surface area contributed by atoms with Crippen LogP contribution in [0.15, 0.2) is 0 Å². The molecule has 0 spiro atoms. The molecule has 4 aliphatic heterocycles. The molecule has 58 heavy (non-hydrogen) atoms. The molecule has 0 aromatic heterocycles. The molecule has 4 rings (SSSR count). The Morgan fingerprint density at radius 1 is 0.914 bits per heavy atom. The lowest BCUT2D eigenvalue weighted by atomic mass is 9.71. The molecule has 4 saturated heterocycles. The van der Waals surface area contributed by atoms with Crippen LogP contribution in [0.5, 0.6) is 0 Å². The predicted molar refractivity (Wildman–Crippen MR) is 214 cm³/mol. The number of fused-ring (bicyclic) bond motifs is 2. The Kier molecular flexibility index (Phi) is 17.4. The summed E-state index contributed by atoms with van der Waals surface area (Å²) in [4.78, 5) is 16.4. The summed E-state index contributed by atoms with van der Waals surface area (Å²) in [5, 5.41) is 51.5. The summed E-state index contributed by atoms with van der Waals surface area (Å²) in [5.41, 5.74) is -4.27. The molecule has 20 atom stereocenters. The molecule has 0 aromatic rings. The van der Waals surface area contributed by atoms with Crippen LogP contribution in [0.25, 0.3) is 0 Å². The zero-order chi connectivity index (χ0) is 43.5. The van der Waals surface area contributed by atoms with E-state index >= 15 is 0 Å². The third kappa shape index (κ3) is 11.1. The van der Waals surface area contributed by atoms with E-state index in [1.807, 2.05) is 53.6 Å². The number of nitrogens with one attached hydrogen (secondary N) is 1. The van der Waals surface area contributed by atoms with Gasteiger partial charge >= 0.3 is 5.97 Å². The van der Waals surface area contributed by atoms with Crippen LogP contribution in [0.1, 0.15) is 94.9 Å². The predicted octanol–water partition coefficient (Wildman–Crippen LogP) is 2.20. The number of carbonyl (C=O) groups excluding carboxylic acids is 1. The number of nitrogens with zero attached hydrogens (tertiary/aromatic N) is 1. The Bertz CT molecular complexity index is 1290. The van der Waals surface area contributed by atoms with Gasteiger partial charge in [0.1, 0.15) is 30.1 Å². The lowest BCUT2D eigenvalue weighted by molar-refractivity contribution is -0.318. The molecule has 4 fully saturated rings. The Morgan fingerprint density at radius 3 is 2.19 bits per heavy atom. The quantitative estimate of drug-likeness (QED) is 0.142. The number of rotatable bonds is 12. The highest BCUT2D eigenvalue weighted by molar-refractivity contribution is 5.73. The van der Waals surface area contributed by atoms with E-state index in [0.29, 0.717) is 19.6 Å². The van der Waals surface area contributed by atoms with E-state index in [1.165, 1.54) is 7.11 Å². The van der Waals surface area contributed by atoms with E-state index in [1.54, 1.807) is 41.7 Å². The Morgan fingerprint density at radius 2 is 1.59 bits per heavy atom. The minimum Gasteiger partial charge on any atom is -0.459 e. The Labute approximate surface area is 346 Å². The number of ether oxygens (including phenoxy) is 9. The van der Waals surface area contributed by atoms with Gasteiger partial charge in [0.15, 0.2) is 12.6 Å². The zero-order valence-corrected chi connectivity index (χ0v) is 37.6. The third-order valence-electron chi connectivity index (χ3n) is 13.5. The number of esters is 1. The normalized spacial score (nSPS) is 48.7. The molecule has 4 heterocycles. The lowest BCUT2D eigenvalue weighted by Gasteiger charge is -2.52. The Hall–Kier alpha value is -1.09. The second kappa shape index (κ2) is 20.4. The number of carbonyl (C=O) groups is 1. The highest BCUT2D eigenvalue weighted by Crippen LogP contribution is 2.43. The van der Waals surface area contributed by atoms with Gasteiger partial charge in [0.25, 0.3) is 0 Å². The van der Waals surface area contributed by atoms with Gasteiger partial charge in [0, 0.05) is 44.6 Å². The van der Waals surface area contributed by atoms with E-state index < -0.39 is 96.1 Å². The van der Waals surface area contributed by atoms with Gasteiger partial charge in [-0.3, -0.25) is 10.1 Å². The fourth-order valence-corrected chi connectivity index (χ4v) is 10.0. The van der Waals surface area contributed by atoms with Crippen LogP contribution in [0.3, 0.4) is 0 Å². The van der Waals surface area contributed by atoms with Gasteiger partial charge in [-0.1, -0.05) is 27.7 Å². The van der Waals surface area contributed by atoms with Crippen molar-refractivity contribution in [3.63, 3.8) is 0 Å². The fourth-order valence-electron chi connectivity index (χ4n) is 10.0. The molecule has 5 N–H and O–H groups in total. The Balaban J connectivity index is 1.83. The van der Waals surface area contributed by atoms with Crippen molar-refractivity contribution in [3.8, 4) is 0 Å². The van der Waals surface area contributed by atoms with Crippen molar-refractivity contribution >= 4 is 5.97 Å². The lowest BCUT2D eigenvalue weighted by Crippen LogP contribution is -2.67. The summed E-state index contributed by atoms with van der Waals surface area (Å²) in [6, 6.07) is -0.593. The summed E-state index contributed by atoms with van der Waals surface area (Å²) in [5.74, 6) is -2.95. The van der Waals surface area contributed by atoms with Gasteiger partial charge in [-0.15, -0.1) is 0 Å². The molecule has 0 radical (unpaired) electrons. The van der Waals surface area contributed by atoms with Crippen molar-refractivity contribution in [3.05, 3.63) is 0 Å². The van der Waals surface area contributed by atoms with E-state index in [2.05, 4.69) is 5.32 Å². The molecule has 0 amide bonds. The van der Waals surface area contributed by atoms with E-state index in [9.17, 15) is 25.2 Å². The van der Waals surface area contributed by atoms with Crippen LogP contribution in [0.4, 0.5) is 0 Å². The molecular weight excluding hydrogens is 756 g/mol. The van der Waals surface area contributed by atoms with Gasteiger partial charge in [-0.25, -0.2) is 0 Å². The van der Waals surface area contributed by atoms with Crippen molar-refractivity contribution in [2.24, 2.45) is 23.7 Å². The number of aliphatic hydroxyl groups excluding tert-OH is 2. The molecule has 16 nitrogen and oxygen atoms in total. The number of likely N-dealkylation sites (N-methyl/N-ethyl adjacent to an activating group) is 1. The topological polar surface area (TPSA) is 196 Å². The first-order valence-electron chi connectivity index (χ1n) is 21.4. The first-order valence-corrected chi connectivity index (χ1v) is 21.4. The SMILES string of the molecule is CC[C@@H]1OC(=O)[C@H](C)[C@H](O[C@@H]2C[C@](C)(OC)[C@H](O)[C@H](C)O2)[C@H](C)[C@H](O[C@@H]2O[C@H](C)C[C@H](N(C)C)[C@@H]2O)[C@](C)(O)C[C@H](C)[C@H]2N[C@H](COCCOC)O[C@@H]([C@H]2C)[C@@]1(C)O. The van der Waals surface area contributed by atoms with Gasteiger partial charge in [0.2, 0.25) is 0 Å². The van der Waals surface area contributed by atoms with Crippen LogP contribution in [0, 0.1) is 23.7 Å². The number of cyclic esters (lactones) is 1. The average Bonchev–Trinajstić information content (AvgIpc) is 3.15. The van der Waals surface area contributed by atoms with Gasteiger partial charge in [-0.2, -0.15) is 0 Å². The number of methoxy groups -OCH3 is 2. The summed E-state index contributed by atoms with van der Waals surface area (Å²) >= 11 is 0. The largest absolute Gasteiger partial charge is 0.459 e. The molecule has 16 heteroatoms. The molecule has 340 valence electrons. The maximum atomic E-state index is 14.5. The number of hydrogen-bond donors (Lipinski definition) is 5. The maximum Gasteiger partial charge on any atom is 0.311 e. The monoisotopic (exact) mass is 835 g/mol. The van der Waals surface area contributed by atoms with Crippen LogP contribution in [0.2, 0.25) is 0 Å². The van der Waals surface area contributed by atoms with Crippen LogP contribution < -0.4 is 5.32 Å². The third-order valence-corrected chi connectivity index (χ3v) is 13.5. The van der Waals surface area contributed by atoms with Crippen LogP contribution in [-0.4, -0.2) is 176 Å². The summed E-state index contributed by atoms with van der Waals surface area (Å²) in [6.07, 6.45) is -8.29. The van der Waals surface area contributed by atoms with Gasteiger partial charge < -0.3 is 68.0 Å². The summed E-state index contributed by atoms with van der Waals surface area (Å²) in [6.45, 7) is 19.1. The highest BCUT2D eigenvalue weighted by atomic mass is 16.7. The van der Waals surface area contributed by atoms with E-state index in [0.717, 1.165) is 0 Å². The molecule has 0 aliphatic carbocycles. The standard InChI is InChI=1S/C42H78N2O14/c1-15-29-42(10,49)37-24(4)32(43-30(56-37)21-52-17-16-50-13)22(2)19-40(8,48)36(58-39-33(45)28(44(11)12)18-23(3)53-39)25(5)34(26(6)38(47)55-29)57-31-20-41(9,51-14)35(46)27(7)54-31/h22-37,39,43,45-46,48-49H,15-21H2,1-14H3/t22-,23+,24-,25-,26+,27-,28-,29-,30-,31+,32+,33-,34+,35+,36-,37-,39-,40+,41-,42-/m0/s1.